The Morgan fingerprint density at radius 3 is 2.41 bits per heavy atom. The van der Waals surface area contributed by atoms with Crippen molar-refractivity contribution in [2.24, 2.45) is 11.8 Å². The van der Waals surface area contributed by atoms with Gasteiger partial charge in [-0.05, 0) is 48.9 Å². The van der Waals surface area contributed by atoms with Crippen molar-refractivity contribution in [2.45, 2.75) is 37.0 Å². The Balaban J connectivity index is 1.30. The summed E-state index contributed by atoms with van der Waals surface area (Å²) in [6.07, 6.45) is 6.25. The van der Waals surface area contributed by atoms with E-state index in [2.05, 4.69) is 0 Å². The number of likely N-dealkylation sites (tertiary alicyclic amines) is 1. The number of carbonyl (C=O) groups excluding carboxylic acids is 1. The maximum Gasteiger partial charge on any atom is 0.260 e. The molecule has 1 amide bonds. The molecule has 0 unspecified atom stereocenters. The molecular weight excluding hydrogens is 392 g/mol. The molecule has 2 atom stereocenters. The summed E-state index contributed by atoms with van der Waals surface area (Å²) in [5.41, 5.74) is 0. The van der Waals surface area contributed by atoms with Gasteiger partial charge in [0.25, 0.3) is 5.91 Å². The van der Waals surface area contributed by atoms with Crippen molar-refractivity contribution in [3.8, 4) is 5.75 Å². The highest BCUT2D eigenvalue weighted by molar-refractivity contribution is 7.89. The van der Waals surface area contributed by atoms with Gasteiger partial charge in [-0.2, -0.15) is 4.31 Å². The predicted molar refractivity (Wildman–Crippen MR) is 108 cm³/mol. The van der Waals surface area contributed by atoms with Crippen LogP contribution in [-0.4, -0.2) is 69.5 Å². The lowest BCUT2D eigenvalue weighted by atomic mass is 9.75. The molecule has 0 N–H and O–H groups in total. The van der Waals surface area contributed by atoms with Crippen LogP contribution in [0.3, 0.4) is 0 Å². The van der Waals surface area contributed by atoms with Gasteiger partial charge in [0, 0.05) is 26.2 Å². The van der Waals surface area contributed by atoms with E-state index in [1.165, 1.54) is 42.1 Å². The average molecular weight is 423 g/mol. The summed E-state index contributed by atoms with van der Waals surface area (Å²) in [5, 5.41) is 0. The molecule has 2 aliphatic heterocycles. The zero-order chi connectivity index (χ0) is 20.3. The fourth-order valence-electron chi connectivity index (χ4n) is 4.71. The van der Waals surface area contributed by atoms with Crippen molar-refractivity contribution in [1.82, 2.24) is 9.21 Å². The van der Waals surface area contributed by atoms with Gasteiger partial charge < -0.3 is 14.4 Å². The number of morpholine rings is 1. The van der Waals surface area contributed by atoms with Crippen molar-refractivity contribution in [1.29, 1.82) is 0 Å². The third kappa shape index (κ3) is 4.75. The molecule has 8 heteroatoms. The second-order valence-corrected chi connectivity index (χ2v) is 10.1. The standard InChI is InChI=1S/C21H30N2O5S/c24-21(22-10-9-17-3-1-2-4-18(17)15-22)16-28-19-5-7-20(8-6-19)29(25,26)23-11-13-27-14-12-23/h5-8,17-18H,1-4,9-16H2/t17-,18-/m1/s1. The summed E-state index contributed by atoms with van der Waals surface area (Å²) in [5.74, 6) is 1.95. The van der Waals surface area contributed by atoms with Crippen LogP contribution >= 0.6 is 0 Å². The van der Waals surface area contributed by atoms with E-state index in [4.69, 9.17) is 9.47 Å². The van der Waals surface area contributed by atoms with Gasteiger partial charge in [-0.25, -0.2) is 8.42 Å². The first-order chi connectivity index (χ1) is 14.0. The van der Waals surface area contributed by atoms with Crippen LogP contribution in [-0.2, 0) is 19.6 Å². The van der Waals surface area contributed by atoms with Crippen LogP contribution < -0.4 is 4.74 Å². The van der Waals surface area contributed by atoms with Crippen LogP contribution in [0.2, 0.25) is 0 Å². The number of piperidine rings is 1. The summed E-state index contributed by atoms with van der Waals surface area (Å²) < 4.78 is 37.6. The van der Waals surface area contributed by atoms with E-state index >= 15 is 0 Å². The van der Waals surface area contributed by atoms with Gasteiger partial charge in [0.2, 0.25) is 10.0 Å². The Labute approximate surface area is 173 Å². The number of nitrogens with zero attached hydrogens (tertiary/aromatic N) is 2. The van der Waals surface area contributed by atoms with E-state index in [0.29, 0.717) is 38.0 Å². The monoisotopic (exact) mass is 422 g/mol. The van der Waals surface area contributed by atoms with Crippen molar-refractivity contribution in [3.63, 3.8) is 0 Å². The number of fused-ring (bicyclic) bond motifs is 1. The van der Waals surface area contributed by atoms with Crippen LogP contribution in [0.4, 0.5) is 0 Å². The molecule has 2 heterocycles. The van der Waals surface area contributed by atoms with E-state index < -0.39 is 10.0 Å². The summed E-state index contributed by atoms with van der Waals surface area (Å²) in [6.45, 7) is 3.23. The van der Waals surface area contributed by atoms with Gasteiger partial charge >= 0.3 is 0 Å². The maximum atomic E-state index is 12.7. The van der Waals surface area contributed by atoms with Gasteiger partial charge in [0.1, 0.15) is 5.75 Å². The largest absolute Gasteiger partial charge is 0.484 e. The summed E-state index contributed by atoms with van der Waals surface area (Å²) in [6, 6.07) is 6.32. The molecule has 1 aromatic carbocycles. The molecule has 1 aliphatic carbocycles. The van der Waals surface area contributed by atoms with Crippen LogP contribution in [0, 0.1) is 11.8 Å². The summed E-state index contributed by atoms with van der Waals surface area (Å²) >= 11 is 0. The zero-order valence-corrected chi connectivity index (χ0v) is 17.6. The minimum absolute atomic E-state index is 0.00700. The fourth-order valence-corrected chi connectivity index (χ4v) is 6.12. The first kappa shape index (κ1) is 20.6. The van der Waals surface area contributed by atoms with E-state index in [1.807, 2.05) is 4.90 Å². The molecule has 1 aromatic rings. The highest BCUT2D eigenvalue weighted by Crippen LogP contribution is 2.36. The third-order valence-corrected chi connectivity index (χ3v) is 8.35. The molecule has 0 radical (unpaired) electrons. The van der Waals surface area contributed by atoms with Crippen molar-refractivity contribution >= 4 is 15.9 Å². The number of benzene rings is 1. The highest BCUT2D eigenvalue weighted by atomic mass is 32.2. The molecule has 29 heavy (non-hydrogen) atoms. The number of carbonyl (C=O) groups is 1. The quantitative estimate of drug-likeness (QED) is 0.727. The molecule has 2 saturated heterocycles. The number of hydrogen-bond donors (Lipinski definition) is 0. The molecule has 0 spiro atoms. The number of sulfonamides is 1. The number of rotatable bonds is 5. The molecule has 1 saturated carbocycles. The van der Waals surface area contributed by atoms with E-state index in [-0.39, 0.29) is 17.4 Å². The van der Waals surface area contributed by atoms with Crippen LogP contribution in [0.25, 0.3) is 0 Å². The number of amides is 1. The van der Waals surface area contributed by atoms with Gasteiger partial charge in [-0.3, -0.25) is 4.79 Å². The smallest absolute Gasteiger partial charge is 0.260 e. The van der Waals surface area contributed by atoms with Crippen LogP contribution in [0.1, 0.15) is 32.1 Å². The topological polar surface area (TPSA) is 76.2 Å². The Morgan fingerprint density at radius 1 is 1.00 bits per heavy atom. The second-order valence-electron chi connectivity index (χ2n) is 8.21. The Bertz CT molecular complexity index is 805. The highest BCUT2D eigenvalue weighted by Gasteiger charge is 2.33. The van der Waals surface area contributed by atoms with Crippen LogP contribution in [0.5, 0.6) is 5.75 Å². The number of hydrogen-bond acceptors (Lipinski definition) is 5. The zero-order valence-electron chi connectivity index (χ0n) is 16.8. The predicted octanol–water partition coefficient (Wildman–Crippen LogP) is 2.12. The van der Waals surface area contributed by atoms with Gasteiger partial charge in [-0.1, -0.05) is 19.3 Å². The first-order valence-electron chi connectivity index (χ1n) is 10.6. The first-order valence-corrected chi connectivity index (χ1v) is 12.1. The normalized spacial score (nSPS) is 26.0. The van der Waals surface area contributed by atoms with E-state index in [9.17, 15) is 13.2 Å². The van der Waals surface area contributed by atoms with Crippen molar-refractivity contribution in [2.75, 3.05) is 46.0 Å². The second kappa shape index (κ2) is 9.02. The van der Waals surface area contributed by atoms with Gasteiger partial charge in [-0.15, -0.1) is 0 Å². The Hall–Kier alpha value is -1.64. The molecule has 3 fully saturated rings. The summed E-state index contributed by atoms with van der Waals surface area (Å²) in [4.78, 5) is 14.7. The lowest BCUT2D eigenvalue weighted by Gasteiger charge is -2.41. The molecule has 7 nitrogen and oxygen atoms in total. The van der Waals surface area contributed by atoms with Gasteiger partial charge in [0.15, 0.2) is 6.61 Å². The average Bonchev–Trinajstić information content (AvgIpc) is 2.78. The molecular formula is C21H30N2O5S. The van der Waals surface area contributed by atoms with Crippen molar-refractivity contribution < 1.29 is 22.7 Å². The summed E-state index contributed by atoms with van der Waals surface area (Å²) in [7, 11) is -3.52. The minimum Gasteiger partial charge on any atom is -0.484 e. The van der Waals surface area contributed by atoms with Crippen LogP contribution in [0.15, 0.2) is 29.2 Å². The Kier molecular flexibility index (Phi) is 6.41. The molecule has 160 valence electrons. The molecule has 0 bridgehead atoms. The van der Waals surface area contributed by atoms with E-state index in [0.717, 1.165) is 25.4 Å². The maximum absolute atomic E-state index is 12.7. The fraction of sp³-hybridized carbons (Fsp3) is 0.667. The van der Waals surface area contributed by atoms with Gasteiger partial charge in [0.05, 0.1) is 18.1 Å². The third-order valence-electron chi connectivity index (χ3n) is 6.44. The lowest BCUT2D eigenvalue weighted by molar-refractivity contribution is -0.136. The molecule has 3 aliphatic rings. The lowest BCUT2D eigenvalue weighted by Crippen LogP contribution is -2.46. The van der Waals surface area contributed by atoms with E-state index in [1.54, 1.807) is 12.1 Å². The molecule has 0 aromatic heterocycles. The Morgan fingerprint density at radius 2 is 1.69 bits per heavy atom. The number of ether oxygens (including phenoxy) is 2. The van der Waals surface area contributed by atoms with Crippen molar-refractivity contribution in [3.05, 3.63) is 24.3 Å². The molecule has 4 rings (SSSR count). The minimum atomic E-state index is -3.52. The SMILES string of the molecule is O=C(COc1ccc(S(=O)(=O)N2CCOCC2)cc1)N1CC[C@H]2CCCC[C@@H]2C1.